The first-order chi connectivity index (χ1) is 13.1. The molecular formula is C26H31N2+. The highest BCUT2D eigenvalue weighted by molar-refractivity contribution is 6.10. The van der Waals surface area contributed by atoms with Crippen molar-refractivity contribution in [2.75, 3.05) is 0 Å². The van der Waals surface area contributed by atoms with E-state index in [1.54, 1.807) is 0 Å². The van der Waals surface area contributed by atoms with E-state index in [-0.39, 0.29) is 5.41 Å². The summed E-state index contributed by atoms with van der Waals surface area (Å²) in [5, 5.41) is 2.67. The molecule has 2 nitrogen and oxygen atoms in total. The molecule has 0 aliphatic rings. The Morgan fingerprint density at radius 2 is 1.54 bits per heavy atom. The zero-order valence-electron chi connectivity index (χ0n) is 18.4. The maximum Gasteiger partial charge on any atom is 0.286 e. The van der Waals surface area contributed by atoms with Gasteiger partial charge in [0.2, 0.25) is 0 Å². The second kappa shape index (κ2) is 6.20. The predicted molar refractivity (Wildman–Crippen MR) is 120 cm³/mol. The first-order valence-electron chi connectivity index (χ1n) is 10.1. The van der Waals surface area contributed by atoms with Gasteiger partial charge in [-0.1, -0.05) is 26.8 Å². The average molecular weight is 372 g/mol. The monoisotopic (exact) mass is 371 g/mol. The number of nitrogens with zero attached hydrogens (tertiary/aromatic N) is 2. The molecule has 0 spiro atoms. The van der Waals surface area contributed by atoms with Gasteiger partial charge in [-0.15, -0.1) is 0 Å². The Bertz CT molecular complexity index is 1230. The summed E-state index contributed by atoms with van der Waals surface area (Å²) in [5.41, 5.74) is 9.46. The van der Waals surface area contributed by atoms with Crippen LogP contribution in [0.15, 0.2) is 42.6 Å². The number of pyridine rings is 1. The van der Waals surface area contributed by atoms with E-state index in [1.165, 1.54) is 55.4 Å². The van der Waals surface area contributed by atoms with E-state index in [4.69, 9.17) is 0 Å². The Labute approximate surface area is 168 Å². The third kappa shape index (κ3) is 2.74. The molecule has 0 atom stereocenters. The molecule has 0 saturated carbocycles. The average Bonchev–Trinajstić information content (AvgIpc) is 2.92. The fourth-order valence-electron chi connectivity index (χ4n) is 4.22. The minimum atomic E-state index is 0.110. The molecule has 0 bridgehead atoms. The van der Waals surface area contributed by atoms with Gasteiger partial charge in [0.15, 0.2) is 0 Å². The van der Waals surface area contributed by atoms with Crippen LogP contribution in [0.25, 0.3) is 27.6 Å². The van der Waals surface area contributed by atoms with Crippen LogP contribution in [0.3, 0.4) is 0 Å². The number of rotatable bonds is 1. The van der Waals surface area contributed by atoms with E-state index in [9.17, 15) is 0 Å². The largest absolute Gasteiger partial charge is 0.286 e. The predicted octanol–water partition coefficient (Wildman–Crippen LogP) is 6.14. The highest BCUT2D eigenvalue weighted by Gasteiger charge is 2.25. The van der Waals surface area contributed by atoms with Crippen molar-refractivity contribution in [1.82, 2.24) is 4.57 Å². The summed E-state index contributed by atoms with van der Waals surface area (Å²) in [7, 11) is 2.14. The van der Waals surface area contributed by atoms with Crippen molar-refractivity contribution >= 4 is 21.8 Å². The molecule has 0 fully saturated rings. The molecule has 4 aromatic rings. The SMILES string of the molecule is Cc1ccc2c3cc(C)c(C)c(C)c3n(-c3cc(C(C)(C)C)cc[n+]3C)c2c1. The topological polar surface area (TPSA) is 8.81 Å². The number of benzene rings is 2. The molecule has 4 rings (SSSR count). The minimum Gasteiger partial charge on any atom is -0.237 e. The fraction of sp³-hybridized carbons (Fsp3) is 0.346. The molecule has 2 heteroatoms. The van der Waals surface area contributed by atoms with E-state index in [2.05, 4.69) is 107 Å². The lowest BCUT2D eigenvalue weighted by molar-refractivity contribution is -0.665. The molecule has 2 heterocycles. The van der Waals surface area contributed by atoms with E-state index in [0.717, 1.165) is 0 Å². The number of aryl methyl sites for hydroxylation is 4. The number of hydrogen-bond donors (Lipinski definition) is 0. The van der Waals surface area contributed by atoms with Gasteiger partial charge in [0.05, 0.1) is 13.2 Å². The number of aromatic nitrogens is 2. The van der Waals surface area contributed by atoms with Gasteiger partial charge in [0, 0.05) is 22.4 Å². The molecule has 28 heavy (non-hydrogen) atoms. The van der Waals surface area contributed by atoms with Crippen molar-refractivity contribution in [3.8, 4) is 5.82 Å². The molecule has 0 amide bonds. The van der Waals surface area contributed by atoms with Crippen molar-refractivity contribution in [3.63, 3.8) is 0 Å². The summed E-state index contributed by atoms with van der Waals surface area (Å²) in [6, 6.07) is 13.8. The molecule has 144 valence electrons. The Balaban J connectivity index is 2.23. The van der Waals surface area contributed by atoms with Gasteiger partial charge >= 0.3 is 0 Å². The molecule has 0 aliphatic carbocycles. The molecular weight excluding hydrogens is 340 g/mol. The lowest BCUT2D eigenvalue weighted by atomic mass is 9.87. The summed E-state index contributed by atoms with van der Waals surface area (Å²) in [6.07, 6.45) is 2.19. The summed E-state index contributed by atoms with van der Waals surface area (Å²) in [5.74, 6) is 1.21. The van der Waals surface area contributed by atoms with Crippen LogP contribution in [0, 0.1) is 27.7 Å². The Morgan fingerprint density at radius 3 is 2.21 bits per heavy atom. The normalized spacial score (nSPS) is 12.3. The van der Waals surface area contributed by atoms with Gasteiger partial charge in [0.1, 0.15) is 11.0 Å². The third-order valence-corrected chi connectivity index (χ3v) is 6.25. The molecule has 2 aromatic carbocycles. The second-order valence-corrected chi connectivity index (χ2v) is 9.33. The molecule has 0 aliphatic heterocycles. The van der Waals surface area contributed by atoms with Crippen LogP contribution in [0.1, 0.15) is 48.6 Å². The molecule has 2 aromatic heterocycles. The molecule has 0 N–H and O–H groups in total. The highest BCUT2D eigenvalue weighted by Crippen LogP contribution is 2.36. The Morgan fingerprint density at radius 1 is 0.821 bits per heavy atom. The van der Waals surface area contributed by atoms with Crippen LogP contribution in [-0.2, 0) is 12.5 Å². The van der Waals surface area contributed by atoms with E-state index in [0.29, 0.717) is 0 Å². The van der Waals surface area contributed by atoms with Crippen LogP contribution >= 0.6 is 0 Å². The standard InChI is InChI=1S/C26H31N2/c1-16-9-10-21-22-14-17(2)18(3)19(4)25(22)28(23(21)13-16)24-15-20(26(5,6)7)11-12-27(24)8/h9-15H,1-8H3/q+1. The van der Waals surface area contributed by atoms with Crippen LogP contribution in [0.5, 0.6) is 0 Å². The van der Waals surface area contributed by atoms with Gasteiger partial charge in [-0.2, -0.15) is 4.57 Å². The lowest BCUT2D eigenvalue weighted by Crippen LogP contribution is -2.34. The van der Waals surface area contributed by atoms with Gasteiger partial charge < -0.3 is 0 Å². The molecule has 0 unspecified atom stereocenters. The number of hydrogen-bond acceptors (Lipinski definition) is 0. The Hall–Kier alpha value is -2.61. The van der Waals surface area contributed by atoms with Crippen molar-refractivity contribution in [2.45, 2.75) is 53.9 Å². The highest BCUT2D eigenvalue weighted by atomic mass is 15.1. The minimum absolute atomic E-state index is 0.110. The quantitative estimate of drug-likeness (QED) is 0.355. The molecule has 0 radical (unpaired) electrons. The zero-order chi connectivity index (χ0) is 20.4. The van der Waals surface area contributed by atoms with Gasteiger partial charge in [-0.05, 0) is 79.6 Å². The first-order valence-corrected chi connectivity index (χ1v) is 10.1. The summed E-state index contributed by atoms with van der Waals surface area (Å²) < 4.78 is 4.71. The summed E-state index contributed by atoms with van der Waals surface area (Å²) in [4.78, 5) is 0. The maximum atomic E-state index is 2.47. The Kier molecular flexibility index (Phi) is 4.15. The van der Waals surface area contributed by atoms with Gasteiger partial charge in [-0.25, -0.2) is 4.57 Å². The summed E-state index contributed by atoms with van der Waals surface area (Å²) >= 11 is 0. The summed E-state index contributed by atoms with van der Waals surface area (Å²) in [6.45, 7) is 15.7. The van der Waals surface area contributed by atoms with E-state index < -0.39 is 0 Å². The van der Waals surface area contributed by atoms with E-state index >= 15 is 0 Å². The maximum absolute atomic E-state index is 2.47. The van der Waals surface area contributed by atoms with Crippen molar-refractivity contribution in [2.24, 2.45) is 7.05 Å². The third-order valence-electron chi connectivity index (χ3n) is 6.25. The van der Waals surface area contributed by atoms with Gasteiger partial charge in [0.25, 0.3) is 5.82 Å². The van der Waals surface area contributed by atoms with Gasteiger partial charge in [-0.3, -0.25) is 0 Å². The van der Waals surface area contributed by atoms with Crippen molar-refractivity contribution < 1.29 is 4.57 Å². The lowest BCUT2D eigenvalue weighted by Gasteiger charge is -2.19. The van der Waals surface area contributed by atoms with Crippen molar-refractivity contribution in [3.05, 3.63) is 70.4 Å². The number of fused-ring (bicyclic) bond motifs is 3. The smallest absolute Gasteiger partial charge is 0.237 e. The van der Waals surface area contributed by atoms with Crippen molar-refractivity contribution in [1.29, 1.82) is 0 Å². The van der Waals surface area contributed by atoms with Crippen LogP contribution < -0.4 is 4.57 Å². The first kappa shape index (κ1) is 18.7. The second-order valence-electron chi connectivity index (χ2n) is 9.33. The fourth-order valence-corrected chi connectivity index (χ4v) is 4.22. The zero-order valence-corrected chi connectivity index (χ0v) is 18.4. The van der Waals surface area contributed by atoms with Crippen LogP contribution in [-0.4, -0.2) is 4.57 Å². The molecule has 0 saturated heterocycles. The van der Waals surface area contributed by atoms with Crippen LogP contribution in [0.4, 0.5) is 0 Å². The van der Waals surface area contributed by atoms with E-state index in [1.807, 2.05) is 0 Å². The van der Waals surface area contributed by atoms with Crippen LogP contribution in [0.2, 0.25) is 0 Å².